The minimum atomic E-state index is -0.219. The average molecular weight is 238 g/mol. The van der Waals surface area contributed by atoms with Crippen molar-refractivity contribution in [2.24, 2.45) is 0 Å². The van der Waals surface area contributed by atoms with Crippen LogP contribution >= 0.6 is 21.6 Å². The SMILES string of the molecule is CCC(=O)OCSSCOC(=O)CC. The first-order valence-electron chi connectivity index (χ1n) is 4.26. The molecule has 6 heteroatoms. The van der Waals surface area contributed by atoms with Crippen molar-refractivity contribution in [3.8, 4) is 0 Å². The zero-order valence-corrected chi connectivity index (χ0v) is 9.91. The molecule has 0 bridgehead atoms. The predicted molar refractivity (Wildman–Crippen MR) is 57.7 cm³/mol. The smallest absolute Gasteiger partial charge is 0.306 e. The molecule has 0 aliphatic carbocycles. The molecule has 0 aromatic rings. The number of esters is 2. The Morgan fingerprint density at radius 1 is 0.929 bits per heavy atom. The van der Waals surface area contributed by atoms with Gasteiger partial charge in [-0.25, -0.2) is 0 Å². The van der Waals surface area contributed by atoms with Crippen LogP contribution in [-0.2, 0) is 19.1 Å². The Morgan fingerprint density at radius 3 is 1.57 bits per heavy atom. The van der Waals surface area contributed by atoms with Gasteiger partial charge in [0.15, 0.2) is 0 Å². The fourth-order valence-corrected chi connectivity index (χ4v) is 1.64. The summed E-state index contributed by atoms with van der Waals surface area (Å²) in [4.78, 5) is 21.3. The van der Waals surface area contributed by atoms with Crippen LogP contribution in [0.5, 0.6) is 0 Å². The Labute approximate surface area is 91.5 Å². The maximum Gasteiger partial charge on any atom is 0.306 e. The van der Waals surface area contributed by atoms with Gasteiger partial charge in [0.1, 0.15) is 11.9 Å². The van der Waals surface area contributed by atoms with Gasteiger partial charge < -0.3 is 9.47 Å². The van der Waals surface area contributed by atoms with Gasteiger partial charge in [-0.3, -0.25) is 9.59 Å². The van der Waals surface area contributed by atoms with Crippen molar-refractivity contribution in [1.29, 1.82) is 0 Å². The van der Waals surface area contributed by atoms with Gasteiger partial charge in [0, 0.05) is 12.8 Å². The van der Waals surface area contributed by atoms with E-state index in [0.717, 1.165) is 0 Å². The van der Waals surface area contributed by atoms with Crippen LogP contribution in [-0.4, -0.2) is 23.8 Å². The number of ether oxygens (including phenoxy) is 2. The molecule has 0 aromatic carbocycles. The van der Waals surface area contributed by atoms with E-state index >= 15 is 0 Å². The first-order valence-corrected chi connectivity index (χ1v) is 6.75. The fourth-order valence-electron chi connectivity index (χ4n) is 0.452. The molecule has 0 fully saturated rings. The molecule has 0 unspecified atom stereocenters. The third-order valence-corrected chi connectivity index (χ3v) is 2.87. The van der Waals surface area contributed by atoms with Gasteiger partial charge in [-0.05, 0) is 21.6 Å². The molecule has 0 aliphatic heterocycles. The second-order valence-electron chi connectivity index (χ2n) is 2.21. The lowest BCUT2D eigenvalue weighted by Gasteiger charge is -2.03. The van der Waals surface area contributed by atoms with E-state index in [1.54, 1.807) is 13.8 Å². The van der Waals surface area contributed by atoms with E-state index in [2.05, 4.69) is 0 Å². The molecule has 82 valence electrons. The molecule has 0 N–H and O–H groups in total. The van der Waals surface area contributed by atoms with E-state index in [4.69, 9.17) is 9.47 Å². The third kappa shape index (κ3) is 8.25. The summed E-state index contributed by atoms with van der Waals surface area (Å²) in [7, 11) is 2.69. The minimum absolute atomic E-state index is 0.219. The summed E-state index contributed by atoms with van der Waals surface area (Å²) in [5.74, 6) is 0.148. The minimum Gasteiger partial charge on any atom is -0.454 e. The molecule has 0 amide bonds. The van der Waals surface area contributed by atoms with Crippen molar-refractivity contribution in [3.05, 3.63) is 0 Å². The summed E-state index contributed by atoms with van der Waals surface area (Å²) in [5, 5.41) is 0. The van der Waals surface area contributed by atoms with Crippen LogP contribution in [0.4, 0.5) is 0 Å². The Morgan fingerprint density at radius 2 is 1.29 bits per heavy atom. The highest BCUT2D eigenvalue weighted by atomic mass is 33.1. The monoisotopic (exact) mass is 238 g/mol. The number of rotatable bonds is 7. The van der Waals surface area contributed by atoms with Crippen LogP contribution in [0.15, 0.2) is 0 Å². The van der Waals surface area contributed by atoms with Crippen molar-refractivity contribution in [2.45, 2.75) is 26.7 Å². The van der Waals surface area contributed by atoms with Crippen LogP contribution in [0.25, 0.3) is 0 Å². The van der Waals surface area contributed by atoms with Crippen LogP contribution in [0.2, 0.25) is 0 Å². The van der Waals surface area contributed by atoms with Crippen LogP contribution < -0.4 is 0 Å². The summed E-state index contributed by atoms with van der Waals surface area (Å²) in [5.41, 5.74) is 0. The van der Waals surface area contributed by atoms with Crippen molar-refractivity contribution in [2.75, 3.05) is 11.9 Å². The van der Waals surface area contributed by atoms with E-state index in [9.17, 15) is 9.59 Å². The van der Waals surface area contributed by atoms with Crippen molar-refractivity contribution in [1.82, 2.24) is 0 Å². The Bertz CT molecular complexity index is 164. The number of carbonyl (C=O) groups excluding carboxylic acids is 2. The zero-order chi connectivity index (χ0) is 10.8. The highest BCUT2D eigenvalue weighted by Crippen LogP contribution is 2.21. The number of hydrogen-bond donors (Lipinski definition) is 0. The summed E-state index contributed by atoms with van der Waals surface area (Å²) in [6.45, 7) is 3.48. The van der Waals surface area contributed by atoms with Gasteiger partial charge in [0.2, 0.25) is 0 Å². The maximum absolute atomic E-state index is 10.7. The van der Waals surface area contributed by atoms with Gasteiger partial charge in [-0.1, -0.05) is 13.8 Å². The summed E-state index contributed by atoms with van der Waals surface area (Å²) >= 11 is 0. The second-order valence-corrected chi connectivity index (χ2v) is 4.57. The quantitative estimate of drug-likeness (QED) is 0.293. The van der Waals surface area contributed by atoms with Gasteiger partial charge in [-0.15, -0.1) is 0 Å². The van der Waals surface area contributed by atoms with E-state index in [-0.39, 0.29) is 11.9 Å². The first kappa shape index (κ1) is 13.6. The van der Waals surface area contributed by atoms with E-state index < -0.39 is 0 Å². The molecule has 0 aromatic heterocycles. The number of carbonyl (C=O) groups is 2. The van der Waals surface area contributed by atoms with Crippen molar-refractivity contribution < 1.29 is 19.1 Å². The molecule has 0 aliphatic rings. The summed E-state index contributed by atoms with van der Waals surface area (Å²) < 4.78 is 9.57. The lowest BCUT2D eigenvalue weighted by Crippen LogP contribution is -2.02. The van der Waals surface area contributed by atoms with E-state index in [1.165, 1.54) is 21.6 Å². The Balaban J connectivity index is 3.14. The maximum atomic E-state index is 10.7. The zero-order valence-electron chi connectivity index (χ0n) is 8.28. The lowest BCUT2D eigenvalue weighted by atomic mass is 10.5. The topological polar surface area (TPSA) is 52.6 Å². The second kappa shape index (κ2) is 9.21. The van der Waals surface area contributed by atoms with Gasteiger partial charge in [-0.2, -0.15) is 0 Å². The molecule has 0 spiro atoms. The predicted octanol–water partition coefficient (Wildman–Crippen LogP) is 2.19. The molecular weight excluding hydrogens is 224 g/mol. The number of hydrogen-bond acceptors (Lipinski definition) is 6. The van der Waals surface area contributed by atoms with Crippen molar-refractivity contribution in [3.63, 3.8) is 0 Å². The highest BCUT2D eigenvalue weighted by Gasteiger charge is 2.00. The Kier molecular flexibility index (Phi) is 8.97. The molecular formula is C8H14O4S2. The first-order chi connectivity index (χ1) is 6.70. The van der Waals surface area contributed by atoms with Gasteiger partial charge in [0.25, 0.3) is 0 Å². The Hall–Kier alpha value is -0.360. The van der Waals surface area contributed by atoms with Crippen LogP contribution in [0.1, 0.15) is 26.7 Å². The normalized spacial score (nSPS) is 9.57. The van der Waals surface area contributed by atoms with Crippen LogP contribution in [0, 0.1) is 0 Å². The summed E-state index contributed by atoms with van der Waals surface area (Å²) in [6.07, 6.45) is 0.770. The molecule has 0 rings (SSSR count). The summed E-state index contributed by atoms with van der Waals surface area (Å²) in [6, 6.07) is 0. The average Bonchev–Trinajstić information content (AvgIpc) is 2.22. The molecule has 0 saturated heterocycles. The fraction of sp³-hybridized carbons (Fsp3) is 0.750. The molecule has 0 radical (unpaired) electrons. The van der Waals surface area contributed by atoms with E-state index in [0.29, 0.717) is 24.7 Å². The largest absolute Gasteiger partial charge is 0.454 e. The van der Waals surface area contributed by atoms with Crippen molar-refractivity contribution >= 4 is 33.5 Å². The highest BCUT2D eigenvalue weighted by molar-refractivity contribution is 8.76. The van der Waals surface area contributed by atoms with Crippen LogP contribution in [0.3, 0.4) is 0 Å². The van der Waals surface area contributed by atoms with E-state index in [1.807, 2.05) is 0 Å². The lowest BCUT2D eigenvalue weighted by molar-refractivity contribution is -0.141. The molecule has 0 atom stereocenters. The molecule has 0 saturated carbocycles. The third-order valence-electron chi connectivity index (χ3n) is 1.20. The molecule has 4 nitrogen and oxygen atoms in total. The van der Waals surface area contributed by atoms with Gasteiger partial charge >= 0.3 is 11.9 Å². The van der Waals surface area contributed by atoms with Gasteiger partial charge in [0.05, 0.1) is 0 Å². The standard InChI is InChI=1S/C8H14O4S2/c1-3-7(9)11-5-13-14-6-12-8(10)4-2/h3-6H2,1-2H3. The molecule has 0 heterocycles. The molecule has 14 heavy (non-hydrogen) atoms.